The number of rotatable bonds is 7. The predicted molar refractivity (Wildman–Crippen MR) is 96.7 cm³/mol. The van der Waals surface area contributed by atoms with Crippen LogP contribution in [0, 0.1) is 11.3 Å². The smallest absolute Gasteiger partial charge is 0.344 e. The van der Waals surface area contributed by atoms with Crippen molar-refractivity contribution in [3.63, 3.8) is 0 Å². The zero-order valence-corrected chi connectivity index (χ0v) is 14.7. The number of carbonyl (C=O) groups excluding carboxylic acids is 2. The average Bonchev–Trinajstić information content (AvgIpc) is 2.67. The summed E-state index contributed by atoms with van der Waals surface area (Å²) < 4.78 is 10.4. The van der Waals surface area contributed by atoms with Crippen molar-refractivity contribution in [2.24, 2.45) is 0 Å². The van der Waals surface area contributed by atoms with E-state index in [1.807, 2.05) is 18.2 Å². The topological polar surface area (TPSA) is 88.4 Å². The van der Waals surface area contributed by atoms with Gasteiger partial charge in [-0.05, 0) is 43.2 Å². The van der Waals surface area contributed by atoms with Crippen LogP contribution in [0.15, 0.2) is 48.5 Å². The molecule has 2 aromatic rings. The fraction of sp³-hybridized carbons (Fsp3) is 0.250. The Labute approximate surface area is 152 Å². The zero-order chi connectivity index (χ0) is 18.9. The Kier molecular flexibility index (Phi) is 6.75. The summed E-state index contributed by atoms with van der Waals surface area (Å²) in [6.45, 7) is 3.21. The maximum absolute atomic E-state index is 12.1. The fourth-order valence-electron chi connectivity index (χ4n) is 2.17. The number of nitrogens with one attached hydrogen (secondary N) is 1. The standard InChI is InChI=1S/C20H20N2O4/c1-3-15-8-10-17(11-9-15)25-13-19(23)26-14(2)20(24)22-18-7-5-4-6-16(18)12-21/h4-11,14H,3,13H2,1-2H3,(H,22,24)/t14-/m1/s1. The van der Waals surface area contributed by atoms with Gasteiger partial charge >= 0.3 is 5.97 Å². The second-order valence-electron chi connectivity index (χ2n) is 5.56. The number of para-hydroxylation sites is 1. The average molecular weight is 352 g/mol. The molecule has 0 spiro atoms. The first kappa shape index (κ1) is 19.0. The second kappa shape index (κ2) is 9.23. The van der Waals surface area contributed by atoms with Crippen molar-refractivity contribution < 1.29 is 19.1 Å². The van der Waals surface area contributed by atoms with Gasteiger partial charge in [0, 0.05) is 0 Å². The summed E-state index contributed by atoms with van der Waals surface area (Å²) >= 11 is 0. The molecule has 1 N–H and O–H groups in total. The summed E-state index contributed by atoms with van der Waals surface area (Å²) in [6, 6.07) is 16.0. The number of nitriles is 1. The van der Waals surface area contributed by atoms with Crippen LogP contribution in [0.25, 0.3) is 0 Å². The maximum Gasteiger partial charge on any atom is 0.344 e. The number of esters is 1. The quantitative estimate of drug-likeness (QED) is 0.774. The summed E-state index contributed by atoms with van der Waals surface area (Å²) in [7, 11) is 0. The highest BCUT2D eigenvalue weighted by Gasteiger charge is 2.19. The summed E-state index contributed by atoms with van der Waals surface area (Å²) in [5, 5.41) is 11.6. The van der Waals surface area contributed by atoms with Crippen molar-refractivity contribution in [3.8, 4) is 11.8 Å². The number of aryl methyl sites for hydroxylation is 1. The minimum absolute atomic E-state index is 0.294. The van der Waals surface area contributed by atoms with Crippen LogP contribution in [0.2, 0.25) is 0 Å². The van der Waals surface area contributed by atoms with Crippen LogP contribution < -0.4 is 10.1 Å². The van der Waals surface area contributed by atoms with Crippen molar-refractivity contribution in [1.82, 2.24) is 0 Å². The summed E-state index contributed by atoms with van der Waals surface area (Å²) in [5.74, 6) is -0.617. The number of carbonyl (C=O) groups is 2. The minimum Gasteiger partial charge on any atom is -0.482 e. The lowest BCUT2D eigenvalue weighted by atomic mass is 10.2. The highest BCUT2D eigenvalue weighted by atomic mass is 16.6. The molecule has 0 fully saturated rings. The Balaban J connectivity index is 1.83. The number of nitrogens with zero attached hydrogens (tertiary/aromatic N) is 1. The molecule has 6 heteroatoms. The van der Waals surface area contributed by atoms with E-state index in [4.69, 9.17) is 14.7 Å². The third-order valence-electron chi connectivity index (χ3n) is 3.67. The van der Waals surface area contributed by atoms with E-state index in [9.17, 15) is 9.59 Å². The molecule has 0 radical (unpaired) electrons. The van der Waals surface area contributed by atoms with Gasteiger partial charge in [0.1, 0.15) is 11.8 Å². The van der Waals surface area contributed by atoms with Crippen molar-refractivity contribution in [1.29, 1.82) is 5.26 Å². The van der Waals surface area contributed by atoms with E-state index in [0.29, 0.717) is 17.0 Å². The number of hydrogen-bond acceptors (Lipinski definition) is 5. The van der Waals surface area contributed by atoms with Crippen LogP contribution >= 0.6 is 0 Å². The lowest BCUT2D eigenvalue weighted by molar-refractivity contribution is -0.155. The molecule has 0 bridgehead atoms. The third-order valence-corrected chi connectivity index (χ3v) is 3.67. The molecule has 2 aromatic carbocycles. The van der Waals surface area contributed by atoms with Crippen molar-refractivity contribution in [2.45, 2.75) is 26.4 Å². The lowest BCUT2D eigenvalue weighted by Gasteiger charge is -2.14. The summed E-state index contributed by atoms with van der Waals surface area (Å²) in [5.41, 5.74) is 1.87. The Hall–Kier alpha value is -3.33. The molecule has 6 nitrogen and oxygen atoms in total. The first-order chi connectivity index (χ1) is 12.5. The molecule has 134 valence electrons. The molecular formula is C20H20N2O4. The van der Waals surface area contributed by atoms with E-state index >= 15 is 0 Å². The highest BCUT2D eigenvalue weighted by molar-refractivity contribution is 5.96. The van der Waals surface area contributed by atoms with Gasteiger partial charge in [0.15, 0.2) is 12.7 Å². The number of ether oxygens (including phenoxy) is 2. The Morgan fingerprint density at radius 1 is 1.15 bits per heavy atom. The van der Waals surface area contributed by atoms with Crippen LogP contribution in [0.5, 0.6) is 5.75 Å². The van der Waals surface area contributed by atoms with E-state index in [0.717, 1.165) is 6.42 Å². The molecule has 0 aliphatic carbocycles. The molecule has 0 saturated carbocycles. The zero-order valence-electron chi connectivity index (χ0n) is 14.7. The number of hydrogen-bond donors (Lipinski definition) is 1. The molecule has 1 atom stereocenters. The molecule has 0 heterocycles. The third kappa shape index (κ3) is 5.35. The van der Waals surface area contributed by atoms with Gasteiger partial charge in [-0.3, -0.25) is 4.79 Å². The Morgan fingerprint density at radius 2 is 1.85 bits per heavy atom. The lowest BCUT2D eigenvalue weighted by Crippen LogP contribution is -2.31. The fourth-order valence-corrected chi connectivity index (χ4v) is 2.17. The summed E-state index contributed by atoms with van der Waals surface area (Å²) in [4.78, 5) is 24.0. The van der Waals surface area contributed by atoms with E-state index in [-0.39, 0.29) is 6.61 Å². The minimum atomic E-state index is -1.01. The number of amides is 1. The second-order valence-corrected chi connectivity index (χ2v) is 5.56. The Morgan fingerprint density at radius 3 is 2.50 bits per heavy atom. The monoisotopic (exact) mass is 352 g/mol. The first-order valence-electron chi connectivity index (χ1n) is 8.24. The molecule has 2 rings (SSSR count). The molecule has 0 unspecified atom stereocenters. The normalized spacial score (nSPS) is 11.1. The Bertz CT molecular complexity index is 809. The number of benzene rings is 2. The van der Waals surface area contributed by atoms with Gasteiger partial charge in [-0.1, -0.05) is 31.2 Å². The molecular weight excluding hydrogens is 332 g/mol. The van der Waals surface area contributed by atoms with Crippen molar-refractivity contribution >= 4 is 17.6 Å². The molecule has 26 heavy (non-hydrogen) atoms. The largest absolute Gasteiger partial charge is 0.482 e. The van der Waals surface area contributed by atoms with Crippen LogP contribution in [0.3, 0.4) is 0 Å². The first-order valence-corrected chi connectivity index (χ1v) is 8.24. The van der Waals surface area contributed by atoms with Gasteiger partial charge < -0.3 is 14.8 Å². The maximum atomic E-state index is 12.1. The molecule has 0 aliphatic rings. The molecule has 1 amide bonds. The molecule has 0 aliphatic heterocycles. The van der Waals surface area contributed by atoms with Gasteiger partial charge in [-0.2, -0.15) is 5.26 Å². The van der Waals surface area contributed by atoms with Gasteiger partial charge in [0.05, 0.1) is 11.3 Å². The molecule has 0 saturated heterocycles. The van der Waals surface area contributed by atoms with Crippen LogP contribution in [-0.2, 0) is 20.7 Å². The van der Waals surface area contributed by atoms with Gasteiger partial charge in [-0.15, -0.1) is 0 Å². The van der Waals surface area contributed by atoms with Crippen molar-refractivity contribution in [2.75, 3.05) is 11.9 Å². The van der Waals surface area contributed by atoms with E-state index in [1.165, 1.54) is 12.5 Å². The van der Waals surface area contributed by atoms with Crippen molar-refractivity contribution in [3.05, 3.63) is 59.7 Å². The molecule has 0 aromatic heterocycles. The van der Waals surface area contributed by atoms with Crippen LogP contribution in [0.4, 0.5) is 5.69 Å². The van der Waals surface area contributed by atoms with Gasteiger partial charge in [0.25, 0.3) is 5.91 Å². The SMILES string of the molecule is CCc1ccc(OCC(=O)O[C@H](C)C(=O)Nc2ccccc2C#N)cc1. The summed E-state index contributed by atoms with van der Waals surface area (Å²) in [6.07, 6.45) is -0.0931. The van der Waals surface area contributed by atoms with Gasteiger partial charge in [0.2, 0.25) is 0 Å². The van der Waals surface area contributed by atoms with E-state index < -0.39 is 18.0 Å². The van der Waals surface area contributed by atoms with Crippen LogP contribution in [0.1, 0.15) is 25.0 Å². The number of anilines is 1. The van der Waals surface area contributed by atoms with Crippen LogP contribution in [-0.4, -0.2) is 24.6 Å². The highest BCUT2D eigenvalue weighted by Crippen LogP contribution is 2.15. The van der Waals surface area contributed by atoms with Gasteiger partial charge in [-0.25, -0.2) is 4.79 Å². The van der Waals surface area contributed by atoms with E-state index in [2.05, 4.69) is 12.2 Å². The predicted octanol–water partition coefficient (Wildman–Crippen LogP) is 3.07. The van der Waals surface area contributed by atoms with E-state index in [1.54, 1.807) is 36.4 Å².